The monoisotopic (exact) mass is 286 g/mol. The van der Waals surface area contributed by atoms with E-state index in [0.29, 0.717) is 22.7 Å². The fourth-order valence-corrected chi connectivity index (χ4v) is 1.51. The largest absolute Gasteiger partial charge is 0.397 e. The van der Waals surface area contributed by atoms with Crippen LogP contribution in [0.5, 0.6) is 0 Å². The molecule has 2 aromatic carbocycles. The third-order valence-electron chi connectivity index (χ3n) is 2.51. The number of hydrogen-bond acceptors (Lipinski definition) is 4. The van der Waals surface area contributed by atoms with Gasteiger partial charge >= 0.3 is 0 Å². The second-order valence-corrected chi connectivity index (χ2v) is 3.69. The zero-order valence-electron chi connectivity index (χ0n) is 9.59. The Kier molecular flexibility index (Phi) is 5.62. The highest BCUT2D eigenvalue weighted by Gasteiger charge is 2.02. The third kappa shape index (κ3) is 3.12. The summed E-state index contributed by atoms with van der Waals surface area (Å²) in [5.41, 5.74) is 27.0. The summed E-state index contributed by atoms with van der Waals surface area (Å²) in [7, 11) is 0. The van der Waals surface area contributed by atoms with Crippen LogP contribution < -0.4 is 22.9 Å². The van der Waals surface area contributed by atoms with E-state index in [2.05, 4.69) is 0 Å². The highest BCUT2D eigenvalue weighted by atomic mass is 35.5. The maximum Gasteiger partial charge on any atom is 0.0554 e. The smallest absolute Gasteiger partial charge is 0.0554 e. The molecular weight excluding hydrogens is 271 g/mol. The van der Waals surface area contributed by atoms with Gasteiger partial charge in [0.25, 0.3) is 0 Å². The first kappa shape index (κ1) is 16.2. The van der Waals surface area contributed by atoms with E-state index < -0.39 is 0 Å². The molecule has 0 aromatic heterocycles. The first-order chi connectivity index (χ1) is 7.58. The van der Waals surface area contributed by atoms with Gasteiger partial charge in [-0.25, -0.2) is 0 Å². The van der Waals surface area contributed by atoms with Gasteiger partial charge in [-0.3, -0.25) is 0 Å². The Morgan fingerprint density at radius 3 is 1.11 bits per heavy atom. The Hall–Kier alpha value is -1.78. The predicted molar refractivity (Wildman–Crippen MR) is 84.0 cm³/mol. The number of halogens is 2. The first-order valence-electron chi connectivity index (χ1n) is 4.88. The van der Waals surface area contributed by atoms with E-state index in [1.807, 2.05) is 24.3 Å². The number of nitrogen functional groups attached to an aromatic ring is 4. The van der Waals surface area contributed by atoms with Crippen LogP contribution in [0.4, 0.5) is 22.7 Å². The molecule has 0 radical (unpaired) electrons. The molecule has 0 bridgehead atoms. The van der Waals surface area contributed by atoms with E-state index in [9.17, 15) is 0 Å². The lowest BCUT2D eigenvalue weighted by molar-refractivity contribution is 1.60. The molecule has 0 heterocycles. The lowest BCUT2D eigenvalue weighted by Gasteiger charge is -2.07. The van der Waals surface area contributed by atoms with Gasteiger partial charge in [-0.2, -0.15) is 0 Å². The molecule has 0 spiro atoms. The molecule has 2 aromatic rings. The Morgan fingerprint density at radius 1 is 0.500 bits per heavy atom. The molecule has 0 atom stereocenters. The van der Waals surface area contributed by atoms with Crippen LogP contribution in [0.1, 0.15) is 0 Å². The molecule has 98 valence electrons. The summed E-state index contributed by atoms with van der Waals surface area (Å²) in [6.07, 6.45) is 0. The maximum absolute atomic E-state index is 5.74. The molecule has 0 aliphatic rings. The van der Waals surface area contributed by atoms with Gasteiger partial charge in [0.15, 0.2) is 0 Å². The van der Waals surface area contributed by atoms with Crippen LogP contribution in [0.2, 0.25) is 0 Å². The van der Waals surface area contributed by atoms with Gasteiger partial charge in [0.2, 0.25) is 0 Å². The maximum atomic E-state index is 5.74. The molecule has 0 aliphatic heterocycles. The number of hydrogen-bond donors (Lipinski definition) is 4. The average Bonchev–Trinajstić information content (AvgIpc) is 2.26. The van der Waals surface area contributed by atoms with Gasteiger partial charge in [0, 0.05) is 0 Å². The van der Waals surface area contributed by atoms with E-state index in [0.717, 1.165) is 11.1 Å². The molecule has 0 fully saturated rings. The first-order valence-corrected chi connectivity index (χ1v) is 4.88. The zero-order valence-corrected chi connectivity index (χ0v) is 11.2. The molecule has 0 amide bonds. The van der Waals surface area contributed by atoms with E-state index in [-0.39, 0.29) is 24.8 Å². The minimum atomic E-state index is 0. The van der Waals surface area contributed by atoms with E-state index in [1.165, 1.54) is 0 Å². The molecule has 18 heavy (non-hydrogen) atoms. The molecule has 0 saturated heterocycles. The molecule has 0 unspecified atom stereocenters. The minimum Gasteiger partial charge on any atom is -0.397 e. The topological polar surface area (TPSA) is 104 Å². The minimum absolute atomic E-state index is 0. The third-order valence-corrected chi connectivity index (χ3v) is 2.51. The number of anilines is 4. The highest BCUT2D eigenvalue weighted by molar-refractivity contribution is 5.85. The Balaban J connectivity index is 0.00000144. The second kappa shape index (κ2) is 6.23. The lowest BCUT2D eigenvalue weighted by Crippen LogP contribution is -1.96. The van der Waals surface area contributed by atoms with Crippen molar-refractivity contribution in [2.45, 2.75) is 0 Å². The van der Waals surface area contributed by atoms with Gasteiger partial charge in [0.05, 0.1) is 22.7 Å². The van der Waals surface area contributed by atoms with Crippen molar-refractivity contribution in [1.29, 1.82) is 0 Å². The summed E-state index contributed by atoms with van der Waals surface area (Å²) in [5, 5.41) is 0. The van der Waals surface area contributed by atoms with Crippen molar-refractivity contribution in [1.82, 2.24) is 0 Å². The van der Waals surface area contributed by atoms with Crippen molar-refractivity contribution in [2.24, 2.45) is 0 Å². The van der Waals surface area contributed by atoms with Crippen LogP contribution in [-0.4, -0.2) is 0 Å². The van der Waals surface area contributed by atoms with Crippen molar-refractivity contribution in [3.63, 3.8) is 0 Å². The lowest BCUT2D eigenvalue weighted by atomic mass is 10.0. The van der Waals surface area contributed by atoms with Crippen molar-refractivity contribution in [3.05, 3.63) is 36.4 Å². The molecular formula is C12H16Cl2N4. The van der Waals surface area contributed by atoms with Gasteiger partial charge in [-0.1, -0.05) is 12.1 Å². The normalized spacial score (nSPS) is 9.11. The van der Waals surface area contributed by atoms with E-state index in [1.54, 1.807) is 12.1 Å². The molecule has 2 rings (SSSR count). The molecule has 4 nitrogen and oxygen atoms in total. The summed E-state index contributed by atoms with van der Waals surface area (Å²) < 4.78 is 0. The Morgan fingerprint density at radius 2 is 0.833 bits per heavy atom. The number of rotatable bonds is 1. The van der Waals surface area contributed by atoms with Crippen molar-refractivity contribution < 1.29 is 0 Å². The fraction of sp³-hybridized carbons (Fsp3) is 0. The summed E-state index contributed by atoms with van der Waals surface area (Å²) in [5.74, 6) is 0. The van der Waals surface area contributed by atoms with Crippen molar-refractivity contribution in [3.8, 4) is 11.1 Å². The second-order valence-electron chi connectivity index (χ2n) is 3.69. The molecule has 0 aliphatic carbocycles. The quantitative estimate of drug-likeness (QED) is 0.605. The summed E-state index contributed by atoms with van der Waals surface area (Å²) in [6.45, 7) is 0. The fourth-order valence-electron chi connectivity index (χ4n) is 1.51. The van der Waals surface area contributed by atoms with Crippen molar-refractivity contribution in [2.75, 3.05) is 22.9 Å². The number of nitrogens with two attached hydrogens (primary N) is 4. The van der Waals surface area contributed by atoms with Crippen LogP contribution >= 0.6 is 24.8 Å². The van der Waals surface area contributed by atoms with Crippen LogP contribution in [0.3, 0.4) is 0 Å². The average molecular weight is 287 g/mol. The van der Waals surface area contributed by atoms with E-state index >= 15 is 0 Å². The van der Waals surface area contributed by atoms with Crippen LogP contribution in [-0.2, 0) is 0 Å². The van der Waals surface area contributed by atoms with Gasteiger partial charge in [-0.15, -0.1) is 24.8 Å². The summed E-state index contributed by atoms with van der Waals surface area (Å²) >= 11 is 0. The Labute approximate surface area is 118 Å². The van der Waals surface area contributed by atoms with Crippen LogP contribution in [0, 0.1) is 0 Å². The van der Waals surface area contributed by atoms with Gasteiger partial charge < -0.3 is 22.9 Å². The summed E-state index contributed by atoms with van der Waals surface area (Å²) in [4.78, 5) is 0. The van der Waals surface area contributed by atoms with Crippen molar-refractivity contribution >= 4 is 47.6 Å². The predicted octanol–water partition coefficient (Wildman–Crippen LogP) is 2.53. The molecule has 0 saturated carbocycles. The Bertz CT molecular complexity index is 494. The van der Waals surface area contributed by atoms with E-state index in [4.69, 9.17) is 22.9 Å². The SMILES string of the molecule is Cl.Cl.Nc1ccc(-c2ccc(N)c(N)c2)cc1N. The molecule has 8 N–H and O–H groups in total. The summed E-state index contributed by atoms with van der Waals surface area (Å²) in [6, 6.07) is 11.0. The van der Waals surface area contributed by atoms with Gasteiger partial charge in [-0.05, 0) is 35.4 Å². The van der Waals surface area contributed by atoms with Gasteiger partial charge in [0.1, 0.15) is 0 Å². The molecule has 6 heteroatoms. The zero-order chi connectivity index (χ0) is 11.7. The number of benzene rings is 2. The van der Waals surface area contributed by atoms with Crippen LogP contribution in [0.25, 0.3) is 11.1 Å². The standard InChI is InChI=1S/C12H14N4.2ClH/c13-9-3-1-7(5-11(9)15)8-2-4-10(14)12(16)6-8;;/h1-6H,13-16H2;2*1H. The van der Waals surface area contributed by atoms with Crippen LogP contribution in [0.15, 0.2) is 36.4 Å². The highest BCUT2D eigenvalue weighted by Crippen LogP contribution is 2.28.